The Balaban J connectivity index is 2.05. The Morgan fingerprint density at radius 3 is 1.61 bits per heavy atom. The zero-order valence-corrected chi connectivity index (χ0v) is 24.6. The smallest absolute Gasteiger partial charge is 0.314 e. The average Bonchev–Trinajstić information content (AvgIpc) is 2.95. The summed E-state index contributed by atoms with van der Waals surface area (Å²) in [6.07, 6.45) is 9.59. The lowest BCUT2D eigenvalue weighted by Gasteiger charge is -2.16. The summed E-state index contributed by atoms with van der Waals surface area (Å²) in [6, 6.07) is 9.97. The molecule has 0 N–H and O–H groups in total. The summed E-state index contributed by atoms with van der Waals surface area (Å²) in [5.41, 5.74) is 1.23. The second kappa shape index (κ2) is 17.5. The fraction of sp³-hybridized carbons (Fsp3) is 0.394. The molecule has 0 atom stereocenters. The molecule has 0 aromatic heterocycles. The molecule has 0 fully saturated rings. The van der Waals surface area contributed by atoms with E-state index in [0.717, 1.165) is 25.7 Å². The maximum Gasteiger partial charge on any atom is 0.314 e. The van der Waals surface area contributed by atoms with Crippen molar-refractivity contribution in [2.24, 2.45) is 5.92 Å². The van der Waals surface area contributed by atoms with Gasteiger partial charge in [0.05, 0.1) is 26.6 Å². The third kappa shape index (κ3) is 11.1. The van der Waals surface area contributed by atoms with Crippen molar-refractivity contribution in [2.75, 3.05) is 14.2 Å². The molecular weight excluding hydrogens is 524 g/mol. The van der Waals surface area contributed by atoms with Gasteiger partial charge in [-0.05, 0) is 66.8 Å². The van der Waals surface area contributed by atoms with E-state index in [1.807, 2.05) is 20.8 Å². The number of benzene rings is 2. The molecule has 0 unspecified atom stereocenters. The Labute approximate surface area is 242 Å². The van der Waals surface area contributed by atoms with Crippen LogP contribution in [0.1, 0.15) is 76.8 Å². The molecule has 2 aromatic rings. The summed E-state index contributed by atoms with van der Waals surface area (Å²) in [5.74, 6) is -0.282. The largest absolute Gasteiger partial charge is 0.493 e. The van der Waals surface area contributed by atoms with E-state index >= 15 is 0 Å². The van der Waals surface area contributed by atoms with Gasteiger partial charge in [0.15, 0.2) is 34.6 Å². The second-order valence-electron chi connectivity index (χ2n) is 9.52. The molecular formula is C33H40O8. The van der Waals surface area contributed by atoms with Crippen LogP contribution in [-0.4, -0.2) is 37.7 Å². The minimum atomic E-state index is -0.387. The number of ether oxygens (including phenoxy) is 4. The minimum absolute atomic E-state index is 0.185. The van der Waals surface area contributed by atoms with Gasteiger partial charge in [-0.25, -0.2) is 0 Å². The van der Waals surface area contributed by atoms with Crippen molar-refractivity contribution in [2.45, 2.75) is 65.7 Å². The number of carbonyl (C=O) groups excluding carboxylic acids is 4. The summed E-state index contributed by atoms with van der Waals surface area (Å²) < 4.78 is 21.6. The Hall–Kier alpha value is -4.20. The maximum absolute atomic E-state index is 12.7. The normalized spacial score (nSPS) is 11.2. The molecule has 8 heteroatoms. The first-order chi connectivity index (χ1) is 19.7. The predicted molar refractivity (Wildman–Crippen MR) is 158 cm³/mol. The summed E-state index contributed by atoms with van der Waals surface area (Å²) in [5, 5.41) is 0. The molecule has 0 aliphatic carbocycles. The van der Waals surface area contributed by atoms with E-state index in [0.29, 0.717) is 29.0 Å². The highest BCUT2D eigenvalue weighted by Crippen LogP contribution is 2.31. The molecule has 2 aromatic carbocycles. The molecule has 0 bridgehead atoms. The van der Waals surface area contributed by atoms with Gasteiger partial charge in [-0.15, -0.1) is 0 Å². The zero-order chi connectivity index (χ0) is 30.2. The molecule has 2 rings (SSSR count). The van der Waals surface area contributed by atoms with Gasteiger partial charge in [0.1, 0.15) is 0 Å². The lowest BCUT2D eigenvalue weighted by Crippen LogP contribution is -2.20. The van der Waals surface area contributed by atoms with Crippen LogP contribution in [0.2, 0.25) is 0 Å². The maximum atomic E-state index is 12.7. The Morgan fingerprint density at radius 1 is 0.683 bits per heavy atom. The number of esters is 2. The number of ketones is 2. The summed E-state index contributed by atoms with van der Waals surface area (Å²) in [6.45, 7) is 5.94. The Morgan fingerprint density at radius 2 is 1.17 bits per heavy atom. The van der Waals surface area contributed by atoms with E-state index in [1.165, 1.54) is 26.4 Å². The van der Waals surface area contributed by atoms with Crippen LogP contribution in [0.25, 0.3) is 12.2 Å². The predicted octanol–water partition coefficient (Wildman–Crippen LogP) is 6.79. The van der Waals surface area contributed by atoms with Gasteiger partial charge in [-0.2, -0.15) is 0 Å². The first-order valence-corrected chi connectivity index (χ1v) is 13.9. The van der Waals surface area contributed by atoms with Crippen molar-refractivity contribution in [3.63, 3.8) is 0 Å². The van der Waals surface area contributed by atoms with Gasteiger partial charge in [0.2, 0.25) is 0 Å². The van der Waals surface area contributed by atoms with E-state index in [-0.39, 0.29) is 53.8 Å². The van der Waals surface area contributed by atoms with Crippen LogP contribution in [0, 0.1) is 5.92 Å². The number of hydrogen-bond donors (Lipinski definition) is 0. The van der Waals surface area contributed by atoms with Crippen molar-refractivity contribution < 1.29 is 38.1 Å². The summed E-state index contributed by atoms with van der Waals surface area (Å²) in [4.78, 5) is 49.5. The number of rotatable bonds is 17. The van der Waals surface area contributed by atoms with Crippen LogP contribution < -0.4 is 18.9 Å². The first kappa shape index (κ1) is 33.0. The van der Waals surface area contributed by atoms with Gasteiger partial charge in [-0.1, -0.05) is 57.9 Å². The molecule has 0 radical (unpaired) electrons. The topological polar surface area (TPSA) is 105 Å². The van der Waals surface area contributed by atoms with Crippen molar-refractivity contribution >= 4 is 35.7 Å². The molecule has 0 saturated carbocycles. The Kier molecular flexibility index (Phi) is 14.1. The van der Waals surface area contributed by atoms with E-state index in [2.05, 4.69) is 0 Å². The SMILES string of the molecule is CCCC(=O)Oc1cc(/C=C/C(=O)CC(=O)/C=C/c2ccc(OC)c(OC(=O)C(CCC)CCC)c2)ccc1OC. The number of hydrogen-bond acceptors (Lipinski definition) is 8. The van der Waals surface area contributed by atoms with Gasteiger partial charge in [-0.3, -0.25) is 19.2 Å². The fourth-order valence-electron chi connectivity index (χ4n) is 4.07. The summed E-state index contributed by atoms with van der Waals surface area (Å²) >= 11 is 0. The van der Waals surface area contributed by atoms with E-state index in [9.17, 15) is 19.2 Å². The standard InChI is InChI=1S/C33H40O8/c1-6-9-25(10-7-2)33(37)41-31-21-24(15-19-29(31)39-5)13-17-27(35)22-26(34)16-12-23-14-18-28(38-4)30(20-23)40-32(36)11-8-3/h12-21,25H,6-11,22H2,1-5H3/b16-12+,17-13+. The zero-order valence-electron chi connectivity index (χ0n) is 24.6. The molecule has 0 aliphatic rings. The highest BCUT2D eigenvalue weighted by molar-refractivity contribution is 6.10. The van der Waals surface area contributed by atoms with Gasteiger partial charge in [0.25, 0.3) is 0 Å². The van der Waals surface area contributed by atoms with Gasteiger partial charge < -0.3 is 18.9 Å². The van der Waals surface area contributed by atoms with Crippen LogP contribution in [-0.2, 0) is 19.2 Å². The van der Waals surface area contributed by atoms with Gasteiger partial charge in [0, 0.05) is 6.42 Å². The van der Waals surface area contributed by atoms with Crippen molar-refractivity contribution in [1.82, 2.24) is 0 Å². The minimum Gasteiger partial charge on any atom is -0.493 e. The van der Waals surface area contributed by atoms with Crippen LogP contribution in [0.3, 0.4) is 0 Å². The highest BCUT2D eigenvalue weighted by atomic mass is 16.6. The monoisotopic (exact) mass is 564 g/mol. The van der Waals surface area contributed by atoms with Crippen LogP contribution in [0.4, 0.5) is 0 Å². The van der Waals surface area contributed by atoms with Crippen molar-refractivity contribution in [3.8, 4) is 23.0 Å². The van der Waals surface area contributed by atoms with Crippen molar-refractivity contribution in [1.29, 1.82) is 0 Å². The highest BCUT2D eigenvalue weighted by Gasteiger charge is 2.20. The number of methoxy groups -OCH3 is 2. The van der Waals surface area contributed by atoms with Crippen LogP contribution in [0.15, 0.2) is 48.6 Å². The van der Waals surface area contributed by atoms with Gasteiger partial charge >= 0.3 is 11.9 Å². The van der Waals surface area contributed by atoms with Crippen LogP contribution in [0.5, 0.6) is 23.0 Å². The quantitative estimate of drug-likeness (QED) is 0.0895. The molecule has 0 aliphatic heterocycles. The average molecular weight is 565 g/mol. The fourth-order valence-corrected chi connectivity index (χ4v) is 4.07. The lowest BCUT2D eigenvalue weighted by molar-refractivity contribution is -0.139. The van der Waals surface area contributed by atoms with E-state index < -0.39 is 0 Å². The third-order valence-electron chi connectivity index (χ3n) is 6.14. The number of carbonyl (C=O) groups is 4. The summed E-state index contributed by atoms with van der Waals surface area (Å²) in [7, 11) is 2.96. The van der Waals surface area contributed by atoms with Crippen LogP contribution >= 0.6 is 0 Å². The molecule has 0 heterocycles. The first-order valence-electron chi connectivity index (χ1n) is 13.9. The van der Waals surface area contributed by atoms with Crippen molar-refractivity contribution in [3.05, 3.63) is 59.7 Å². The molecule has 0 spiro atoms. The number of allylic oxidation sites excluding steroid dienone is 2. The second-order valence-corrected chi connectivity index (χ2v) is 9.52. The molecule has 220 valence electrons. The van der Waals surface area contributed by atoms with E-state index in [1.54, 1.807) is 48.6 Å². The third-order valence-corrected chi connectivity index (χ3v) is 6.14. The molecule has 0 amide bonds. The molecule has 8 nitrogen and oxygen atoms in total. The molecule has 0 saturated heterocycles. The lowest BCUT2D eigenvalue weighted by atomic mass is 9.98. The Bertz CT molecular complexity index is 1250. The van der Waals surface area contributed by atoms with E-state index in [4.69, 9.17) is 18.9 Å². The molecule has 41 heavy (non-hydrogen) atoms.